The van der Waals surface area contributed by atoms with E-state index >= 15 is 0 Å². The van der Waals surface area contributed by atoms with E-state index in [0.717, 1.165) is 24.5 Å². The fourth-order valence-corrected chi connectivity index (χ4v) is 3.05. The molecule has 0 spiro atoms. The number of hydrogen-bond acceptors (Lipinski definition) is 3. The highest BCUT2D eigenvalue weighted by atomic mass is 32.2. The van der Waals surface area contributed by atoms with Crippen LogP contribution in [0.1, 0.15) is 19.8 Å². The fraction of sp³-hybridized carbons (Fsp3) is 0.533. The molecule has 19 heavy (non-hydrogen) atoms. The van der Waals surface area contributed by atoms with Crippen molar-refractivity contribution in [3.63, 3.8) is 0 Å². The molecule has 1 amide bonds. The molecule has 1 aromatic carbocycles. The minimum Gasteiger partial charge on any atom is -0.355 e. The van der Waals surface area contributed by atoms with Gasteiger partial charge >= 0.3 is 0 Å². The number of carbonyl (C=O) groups is 1. The van der Waals surface area contributed by atoms with E-state index in [-0.39, 0.29) is 11.3 Å². The van der Waals surface area contributed by atoms with Crippen LogP contribution in [-0.4, -0.2) is 31.3 Å². The maximum absolute atomic E-state index is 11.8. The predicted octanol–water partition coefficient (Wildman–Crippen LogP) is 2.28. The zero-order chi connectivity index (χ0) is 13.6. The van der Waals surface area contributed by atoms with E-state index in [1.54, 1.807) is 11.8 Å². The molecule has 4 heteroatoms. The van der Waals surface area contributed by atoms with Gasteiger partial charge in [0.05, 0.1) is 5.75 Å². The van der Waals surface area contributed by atoms with Crippen LogP contribution in [0.2, 0.25) is 0 Å². The summed E-state index contributed by atoms with van der Waals surface area (Å²) in [5, 5.41) is 6.46. The van der Waals surface area contributed by atoms with Crippen molar-refractivity contribution in [3.8, 4) is 0 Å². The zero-order valence-corrected chi connectivity index (χ0v) is 12.3. The molecule has 1 saturated heterocycles. The second-order valence-corrected chi connectivity index (χ2v) is 6.52. The third-order valence-electron chi connectivity index (χ3n) is 3.51. The van der Waals surface area contributed by atoms with Crippen LogP contribution in [-0.2, 0) is 4.79 Å². The second kappa shape index (κ2) is 6.96. The first-order valence-corrected chi connectivity index (χ1v) is 7.82. The lowest BCUT2D eigenvalue weighted by Gasteiger charge is -2.34. The molecule has 1 atom stereocenters. The Bertz CT molecular complexity index is 402. The lowest BCUT2D eigenvalue weighted by Crippen LogP contribution is -2.46. The topological polar surface area (TPSA) is 41.1 Å². The molecule has 1 heterocycles. The van der Waals surface area contributed by atoms with E-state index in [4.69, 9.17) is 0 Å². The second-order valence-electron chi connectivity index (χ2n) is 5.47. The first-order valence-electron chi connectivity index (χ1n) is 6.83. The number of piperidine rings is 1. The molecular weight excluding hydrogens is 256 g/mol. The van der Waals surface area contributed by atoms with Gasteiger partial charge < -0.3 is 10.6 Å². The van der Waals surface area contributed by atoms with Crippen LogP contribution in [0, 0.1) is 5.41 Å². The van der Waals surface area contributed by atoms with E-state index in [1.807, 2.05) is 30.3 Å². The van der Waals surface area contributed by atoms with Gasteiger partial charge in [0.15, 0.2) is 0 Å². The van der Waals surface area contributed by atoms with Crippen molar-refractivity contribution < 1.29 is 4.79 Å². The summed E-state index contributed by atoms with van der Waals surface area (Å²) < 4.78 is 0. The molecule has 104 valence electrons. The Morgan fingerprint density at radius 3 is 2.89 bits per heavy atom. The van der Waals surface area contributed by atoms with Crippen LogP contribution in [0.25, 0.3) is 0 Å². The van der Waals surface area contributed by atoms with Crippen LogP contribution in [0.15, 0.2) is 35.2 Å². The fourth-order valence-electron chi connectivity index (χ4n) is 2.30. The van der Waals surface area contributed by atoms with E-state index < -0.39 is 0 Å². The van der Waals surface area contributed by atoms with Crippen molar-refractivity contribution in [2.75, 3.05) is 25.4 Å². The molecular formula is C15H22N2OS. The van der Waals surface area contributed by atoms with Gasteiger partial charge in [-0.15, -0.1) is 11.8 Å². The van der Waals surface area contributed by atoms with Crippen molar-refractivity contribution in [1.29, 1.82) is 0 Å². The Hall–Kier alpha value is -1.00. The number of hydrogen-bond donors (Lipinski definition) is 2. The standard InChI is InChI=1S/C15H22N2OS/c1-15(8-5-9-16-11-15)12-17-14(18)10-19-13-6-3-2-4-7-13/h2-4,6-7,16H,5,8-12H2,1H3,(H,17,18). The summed E-state index contributed by atoms with van der Waals surface area (Å²) in [6.07, 6.45) is 2.39. The summed E-state index contributed by atoms with van der Waals surface area (Å²) in [4.78, 5) is 13.0. The minimum atomic E-state index is 0.126. The van der Waals surface area contributed by atoms with Crippen LogP contribution in [0.5, 0.6) is 0 Å². The summed E-state index contributed by atoms with van der Waals surface area (Å²) in [5.74, 6) is 0.619. The largest absolute Gasteiger partial charge is 0.355 e. The van der Waals surface area contributed by atoms with Gasteiger partial charge in [0, 0.05) is 18.0 Å². The molecule has 0 aromatic heterocycles. The van der Waals surface area contributed by atoms with E-state index in [9.17, 15) is 4.79 Å². The summed E-state index contributed by atoms with van der Waals surface area (Å²) in [6.45, 7) is 5.12. The maximum Gasteiger partial charge on any atom is 0.230 e. The van der Waals surface area contributed by atoms with Gasteiger partial charge in [0.1, 0.15) is 0 Å². The summed E-state index contributed by atoms with van der Waals surface area (Å²) in [6, 6.07) is 10.0. The molecule has 0 bridgehead atoms. The van der Waals surface area contributed by atoms with Gasteiger partial charge in [0.2, 0.25) is 5.91 Å². The highest BCUT2D eigenvalue weighted by Crippen LogP contribution is 2.24. The molecule has 1 aromatic rings. The van der Waals surface area contributed by atoms with E-state index in [0.29, 0.717) is 5.75 Å². The third-order valence-corrected chi connectivity index (χ3v) is 4.52. The highest BCUT2D eigenvalue weighted by molar-refractivity contribution is 8.00. The Morgan fingerprint density at radius 1 is 1.42 bits per heavy atom. The molecule has 1 unspecified atom stereocenters. The molecule has 0 saturated carbocycles. The van der Waals surface area contributed by atoms with Gasteiger partial charge in [-0.2, -0.15) is 0 Å². The van der Waals surface area contributed by atoms with Crippen LogP contribution in [0.3, 0.4) is 0 Å². The van der Waals surface area contributed by atoms with Crippen molar-refractivity contribution in [2.45, 2.75) is 24.7 Å². The quantitative estimate of drug-likeness (QED) is 0.812. The Kier molecular flexibility index (Phi) is 5.28. The number of amides is 1. The van der Waals surface area contributed by atoms with Crippen molar-refractivity contribution >= 4 is 17.7 Å². The number of benzene rings is 1. The van der Waals surface area contributed by atoms with Crippen molar-refractivity contribution in [1.82, 2.24) is 10.6 Å². The number of thioether (sulfide) groups is 1. The Balaban J connectivity index is 1.70. The van der Waals surface area contributed by atoms with E-state index in [2.05, 4.69) is 17.6 Å². The Labute approximate surface area is 119 Å². The predicted molar refractivity (Wildman–Crippen MR) is 80.4 cm³/mol. The van der Waals surface area contributed by atoms with Gasteiger partial charge in [-0.1, -0.05) is 25.1 Å². The van der Waals surface area contributed by atoms with E-state index in [1.165, 1.54) is 12.8 Å². The van der Waals surface area contributed by atoms with Crippen molar-refractivity contribution in [2.24, 2.45) is 5.41 Å². The molecule has 2 N–H and O–H groups in total. The lowest BCUT2D eigenvalue weighted by atomic mass is 9.83. The highest BCUT2D eigenvalue weighted by Gasteiger charge is 2.26. The number of carbonyl (C=O) groups excluding carboxylic acids is 1. The minimum absolute atomic E-state index is 0.126. The molecule has 1 aliphatic heterocycles. The first-order chi connectivity index (χ1) is 9.18. The zero-order valence-electron chi connectivity index (χ0n) is 11.4. The molecule has 3 nitrogen and oxygen atoms in total. The van der Waals surface area contributed by atoms with Crippen LogP contribution < -0.4 is 10.6 Å². The molecule has 0 aliphatic carbocycles. The average molecular weight is 278 g/mol. The lowest BCUT2D eigenvalue weighted by molar-refractivity contribution is -0.119. The first kappa shape index (κ1) is 14.4. The number of rotatable bonds is 5. The average Bonchev–Trinajstić information content (AvgIpc) is 2.45. The molecule has 2 rings (SSSR count). The van der Waals surface area contributed by atoms with Gasteiger partial charge in [0.25, 0.3) is 0 Å². The molecule has 0 radical (unpaired) electrons. The SMILES string of the molecule is CC1(CNC(=O)CSc2ccccc2)CCCNC1. The summed E-state index contributed by atoms with van der Waals surface area (Å²) in [7, 11) is 0. The van der Waals surface area contributed by atoms with Crippen molar-refractivity contribution in [3.05, 3.63) is 30.3 Å². The maximum atomic E-state index is 11.8. The summed E-state index contributed by atoms with van der Waals surface area (Å²) in [5.41, 5.74) is 0.214. The smallest absolute Gasteiger partial charge is 0.230 e. The number of nitrogens with one attached hydrogen (secondary N) is 2. The Morgan fingerprint density at radius 2 is 2.21 bits per heavy atom. The molecule has 1 fully saturated rings. The summed E-state index contributed by atoms with van der Waals surface area (Å²) >= 11 is 1.59. The normalized spacial score (nSPS) is 23.0. The van der Waals surface area contributed by atoms with Gasteiger partial charge in [-0.3, -0.25) is 4.79 Å². The van der Waals surface area contributed by atoms with Gasteiger partial charge in [-0.25, -0.2) is 0 Å². The third kappa shape index (κ3) is 4.88. The van der Waals surface area contributed by atoms with Crippen LogP contribution in [0.4, 0.5) is 0 Å². The monoisotopic (exact) mass is 278 g/mol. The molecule has 1 aliphatic rings. The van der Waals surface area contributed by atoms with Crippen LogP contribution >= 0.6 is 11.8 Å². The van der Waals surface area contributed by atoms with Gasteiger partial charge in [-0.05, 0) is 36.9 Å².